The SMILES string of the molecule is NN[C@@H](Cc1ccc(O)c(-c2cc(CCC(N)=O)ccc2O)c1)C(N)=O. The molecule has 8 nitrogen and oxygen atoms in total. The van der Waals surface area contributed by atoms with Gasteiger partial charge in [-0.2, -0.15) is 0 Å². The van der Waals surface area contributed by atoms with Crippen molar-refractivity contribution in [3.05, 3.63) is 47.5 Å². The minimum Gasteiger partial charge on any atom is -0.507 e. The topological polar surface area (TPSA) is 165 Å². The molecular formula is C18H22N4O4. The zero-order chi connectivity index (χ0) is 19.3. The zero-order valence-corrected chi connectivity index (χ0v) is 14.1. The van der Waals surface area contributed by atoms with Gasteiger partial charge < -0.3 is 21.7 Å². The van der Waals surface area contributed by atoms with E-state index < -0.39 is 17.9 Å². The zero-order valence-electron chi connectivity index (χ0n) is 14.1. The number of nitrogens with one attached hydrogen (secondary N) is 1. The first-order valence-corrected chi connectivity index (χ1v) is 7.99. The molecule has 0 aliphatic heterocycles. The van der Waals surface area contributed by atoms with E-state index in [0.717, 1.165) is 5.56 Å². The van der Waals surface area contributed by atoms with Crippen LogP contribution in [-0.2, 0) is 22.4 Å². The van der Waals surface area contributed by atoms with Gasteiger partial charge in [0.15, 0.2) is 0 Å². The largest absolute Gasteiger partial charge is 0.507 e. The van der Waals surface area contributed by atoms with Gasteiger partial charge in [-0.15, -0.1) is 0 Å². The summed E-state index contributed by atoms with van der Waals surface area (Å²) in [7, 11) is 0. The van der Waals surface area contributed by atoms with E-state index in [9.17, 15) is 19.8 Å². The lowest BCUT2D eigenvalue weighted by Gasteiger charge is -2.14. The van der Waals surface area contributed by atoms with Crippen LogP contribution in [0.2, 0.25) is 0 Å². The molecule has 8 heteroatoms. The number of aromatic hydroxyl groups is 2. The Morgan fingerprint density at radius 2 is 1.50 bits per heavy atom. The van der Waals surface area contributed by atoms with Gasteiger partial charge in [-0.1, -0.05) is 12.1 Å². The van der Waals surface area contributed by atoms with Crippen LogP contribution in [0, 0.1) is 0 Å². The van der Waals surface area contributed by atoms with Crippen molar-refractivity contribution in [2.45, 2.75) is 25.3 Å². The van der Waals surface area contributed by atoms with Crippen LogP contribution in [0.1, 0.15) is 17.5 Å². The van der Waals surface area contributed by atoms with E-state index in [0.29, 0.717) is 23.1 Å². The van der Waals surface area contributed by atoms with Crippen molar-refractivity contribution < 1.29 is 19.8 Å². The third-order valence-electron chi connectivity index (χ3n) is 4.06. The van der Waals surface area contributed by atoms with E-state index in [1.54, 1.807) is 24.3 Å². The van der Waals surface area contributed by atoms with E-state index in [1.807, 2.05) is 0 Å². The summed E-state index contributed by atoms with van der Waals surface area (Å²) in [6.07, 6.45) is 0.823. The smallest absolute Gasteiger partial charge is 0.236 e. The second-order valence-electron chi connectivity index (χ2n) is 6.00. The molecule has 138 valence electrons. The quantitative estimate of drug-likeness (QED) is 0.288. The molecular weight excluding hydrogens is 336 g/mol. The monoisotopic (exact) mass is 358 g/mol. The van der Waals surface area contributed by atoms with E-state index >= 15 is 0 Å². The lowest BCUT2D eigenvalue weighted by Crippen LogP contribution is -2.46. The van der Waals surface area contributed by atoms with Crippen LogP contribution in [-0.4, -0.2) is 28.1 Å². The molecule has 0 spiro atoms. The fraction of sp³-hybridized carbons (Fsp3) is 0.222. The van der Waals surface area contributed by atoms with Crippen molar-refractivity contribution in [3.63, 3.8) is 0 Å². The summed E-state index contributed by atoms with van der Waals surface area (Å²) in [6.45, 7) is 0. The van der Waals surface area contributed by atoms with Crippen LogP contribution in [0.4, 0.5) is 0 Å². The summed E-state index contributed by atoms with van der Waals surface area (Å²) in [5, 5.41) is 20.4. The molecule has 9 N–H and O–H groups in total. The number of amides is 2. The molecule has 0 bridgehead atoms. The van der Waals surface area contributed by atoms with Gasteiger partial charge in [0.05, 0.1) is 0 Å². The van der Waals surface area contributed by atoms with Crippen molar-refractivity contribution >= 4 is 11.8 Å². The molecule has 2 amide bonds. The number of rotatable bonds is 8. The molecule has 26 heavy (non-hydrogen) atoms. The van der Waals surface area contributed by atoms with E-state index in [-0.39, 0.29) is 24.3 Å². The standard InChI is InChI=1S/C18H22N4O4/c19-17(25)6-3-10-1-4-15(23)12(7-10)13-8-11(2-5-16(13)24)9-14(22-21)18(20)26/h1-2,4-5,7-8,14,22-24H,3,6,9,21H2,(H2,19,25)(H2,20,26)/t14-/m0/s1. The van der Waals surface area contributed by atoms with Crippen LogP contribution >= 0.6 is 0 Å². The van der Waals surface area contributed by atoms with Gasteiger partial charge in [-0.05, 0) is 48.2 Å². The number of primary amides is 2. The highest BCUT2D eigenvalue weighted by molar-refractivity contribution is 5.81. The molecule has 0 fully saturated rings. The van der Waals surface area contributed by atoms with Crippen molar-refractivity contribution in [1.82, 2.24) is 5.43 Å². The minimum absolute atomic E-state index is 0.0244. The van der Waals surface area contributed by atoms with Crippen LogP contribution < -0.4 is 22.7 Å². The fourth-order valence-corrected chi connectivity index (χ4v) is 2.63. The molecule has 2 rings (SSSR count). The van der Waals surface area contributed by atoms with Crippen molar-refractivity contribution in [3.8, 4) is 22.6 Å². The molecule has 1 atom stereocenters. The van der Waals surface area contributed by atoms with Crippen LogP contribution in [0.15, 0.2) is 36.4 Å². The van der Waals surface area contributed by atoms with Gasteiger partial charge in [0, 0.05) is 17.5 Å². The average Bonchev–Trinajstić information content (AvgIpc) is 2.60. The number of hydrogen-bond acceptors (Lipinski definition) is 6. The van der Waals surface area contributed by atoms with Crippen molar-refractivity contribution in [1.29, 1.82) is 0 Å². The van der Waals surface area contributed by atoms with Gasteiger partial charge in [0.1, 0.15) is 17.5 Å². The summed E-state index contributed by atoms with van der Waals surface area (Å²) in [5.74, 6) is 4.25. The first kappa shape index (κ1) is 19.2. The molecule has 0 saturated carbocycles. The fourth-order valence-electron chi connectivity index (χ4n) is 2.63. The first-order valence-electron chi connectivity index (χ1n) is 7.99. The number of hydrogen-bond donors (Lipinski definition) is 6. The van der Waals surface area contributed by atoms with Crippen LogP contribution in [0.5, 0.6) is 11.5 Å². The average molecular weight is 358 g/mol. The highest BCUT2D eigenvalue weighted by Gasteiger charge is 2.16. The number of carbonyl (C=O) groups excluding carboxylic acids is 2. The third kappa shape index (κ3) is 4.71. The van der Waals surface area contributed by atoms with Gasteiger partial charge in [-0.25, -0.2) is 5.43 Å². The molecule has 2 aromatic carbocycles. The number of nitrogens with two attached hydrogens (primary N) is 3. The Morgan fingerprint density at radius 1 is 0.962 bits per heavy atom. The van der Waals surface area contributed by atoms with Crippen molar-refractivity contribution in [2.75, 3.05) is 0 Å². The predicted octanol–water partition coefficient (Wildman–Crippen LogP) is 0.0424. The molecule has 0 aliphatic carbocycles. The molecule has 2 aromatic rings. The number of phenolic OH excluding ortho intramolecular Hbond substituents is 2. The molecule has 0 unspecified atom stereocenters. The second-order valence-corrected chi connectivity index (χ2v) is 6.00. The Balaban J connectivity index is 2.38. The molecule has 0 aromatic heterocycles. The minimum atomic E-state index is -0.761. The summed E-state index contributed by atoms with van der Waals surface area (Å²) in [4.78, 5) is 22.3. The Morgan fingerprint density at radius 3 is 2.00 bits per heavy atom. The predicted molar refractivity (Wildman–Crippen MR) is 96.7 cm³/mol. The number of phenols is 2. The number of carbonyl (C=O) groups is 2. The molecule has 0 heterocycles. The van der Waals surface area contributed by atoms with E-state index in [4.69, 9.17) is 17.3 Å². The maximum Gasteiger partial charge on any atom is 0.236 e. The van der Waals surface area contributed by atoms with Gasteiger partial charge in [0.25, 0.3) is 0 Å². The Labute approximate surface area is 150 Å². The third-order valence-corrected chi connectivity index (χ3v) is 4.06. The highest BCUT2D eigenvalue weighted by atomic mass is 16.3. The van der Waals surface area contributed by atoms with Crippen LogP contribution in [0.3, 0.4) is 0 Å². The number of benzene rings is 2. The second kappa shape index (κ2) is 8.32. The van der Waals surface area contributed by atoms with Crippen LogP contribution in [0.25, 0.3) is 11.1 Å². The lowest BCUT2D eigenvalue weighted by molar-refractivity contribution is -0.120. The summed E-state index contributed by atoms with van der Waals surface area (Å²) in [6, 6.07) is 8.85. The highest BCUT2D eigenvalue weighted by Crippen LogP contribution is 2.37. The maximum absolute atomic E-state index is 11.3. The maximum atomic E-state index is 11.3. The molecule has 0 aliphatic rings. The summed E-state index contributed by atoms with van der Waals surface area (Å²) < 4.78 is 0. The van der Waals surface area contributed by atoms with E-state index in [2.05, 4.69) is 5.43 Å². The lowest BCUT2D eigenvalue weighted by atomic mass is 9.95. The Bertz CT molecular complexity index is 823. The first-order chi connectivity index (χ1) is 12.3. The summed E-state index contributed by atoms with van der Waals surface area (Å²) in [5.41, 5.74) is 15.1. The normalized spacial score (nSPS) is 11.9. The number of aryl methyl sites for hydroxylation is 1. The van der Waals surface area contributed by atoms with Gasteiger partial charge >= 0.3 is 0 Å². The van der Waals surface area contributed by atoms with Gasteiger partial charge in [-0.3, -0.25) is 15.4 Å². The Hall–Kier alpha value is -3.10. The van der Waals surface area contributed by atoms with Crippen molar-refractivity contribution in [2.24, 2.45) is 17.3 Å². The molecule has 0 radical (unpaired) electrons. The van der Waals surface area contributed by atoms with E-state index in [1.165, 1.54) is 12.1 Å². The summed E-state index contributed by atoms with van der Waals surface area (Å²) >= 11 is 0. The van der Waals surface area contributed by atoms with Gasteiger partial charge in [0.2, 0.25) is 11.8 Å². The number of hydrazine groups is 1. The molecule has 0 saturated heterocycles. The Kier molecular flexibility index (Phi) is 6.16.